The topological polar surface area (TPSA) is 57.9 Å². The van der Waals surface area contributed by atoms with Gasteiger partial charge in [0, 0.05) is 0 Å². The average Bonchev–Trinajstić information content (AvgIpc) is 2.28. The molecule has 1 aliphatic rings. The van der Waals surface area contributed by atoms with Crippen LogP contribution in [0.5, 0.6) is 0 Å². The fourth-order valence-corrected chi connectivity index (χ4v) is 4.09. The van der Waals surface area contributed by atoms with Crippen LogP contribution in [0.15, 0.2) is 23.1 Å². The van der Waals surface area contributed by atoms with Crippen LogP contribution in [-0.4, -0.2) is 14.2 Å². The quantitative estimate of drug-likeness (QED) is 0.768. The highest BCUT2D eigenvalue weighted by Gasteiger charge is 2.31. The van der Waals surface area contributed by atoms with Crippen molar-refractivity contribution in [1.29, 1.82) is 5.26 Å². The Morgan fingerprint density at radius 2 is 2.12 bits per heavy atom. The van der Waals surface area contributed by atoms with E-state index in [4.69, 9.17) is 5.26 Å². The van der Waals surface area contributed by atoms with Gasteiger partial charge in [-0.2, -0.15) is 5.26 Å². The molecule has 1 aromatic rings. The summed E-state index contributed by atoms with van der Waals surface area (Å²) in [6.45, 7) is 4.20. The first-order valence-electron chi connectivity index (χ1n) is 5.72. The van der Waals surface area contributed by atoms with Crippen LogP contribution >= 0.6 is 0 Å². The van der Waals surface area contributed by atoms with Gasteiger partial charge in [-0.25, -0.2) is 8.42 Å². The number of hydrogen-bond donors (Lipinski definition) is 0. The molecule has 90 valence electrons. The van der Waals surface area contributed by atoms with Crippen LogP contribution in [0.4, 0.5) is 0 Å². The van der Waals surface area contributed by atoms with Gasteiger partial charge < -0.3 is 0 Å². The minimum absolute atomic E-state index is 0.192. The van der Waals surface area contributed by atoms with Crippen molar-refractivity contribution in [3.05, 3.63) is 29.3 Å². The number of nitrogens with zero attached hydrogens (tertiary/aromatic N) is 1. The van der Waals surface area contributed by atoms with Gasteiger partial charge in [0.2, 0.25) is 0 Å². The minimum Gasteiger partial charge on any atom is -0.224 e. The highest BCUT2D eigenvalue weighted by Crippen LogP contribution is 2.38. The fourth-order valence-electron chi connectivity index (χ4n) is 2.42. The Hall–Kier alpha value is -1.34. The Kier molecular flexibility index (Phi) is 2.96. The normalized spacial score (nSPS) is 21.9. The molecule has 0 radical (unpaired) electrons. The van der Waals surface area contributed by atoms with E-state index in [9.17, 15) is 8.42 Å². The van der Waals surface area contributed by atoms with Gasteiger partial charge in [-0.3, -0.25) is 0 Å². The third-order valence-electron chi connectivity index (χ3n) is 3.38. The first kappa shape index (κ1) is 12.1. The molecule has 0 bridgehead atoms. The molecule has 1 heterocycles. The molecular formula is C13H15NO2S. The smallest absolute Gasteiger partial charge is 0.178 e. The van der Waals surface area contributed by atoms with Crippen LogP contribution in [0.1, 0.15) is 37.3 Å². The molecule has 2 rings (SSSR count). The van der Waals surface area contributed by atoms with Gasteiger partial charge >= 0.3 is 0 Å². The molecular weight excluding hydrogens is 234 g/mol. The Morgan fingerprint density at radius 1 is 1.41 bits per heavy atom. The Morgan fingerprint density at radius 3 is 2.71 bits per heavy atom. The maximum absolute atomic E-state index is 12.0. The SMILES string of the molecule is CC(C)C1CCS(=O)(=O)c2cc(C#N)ccc21. The summed E-state index contributed by atoms with van der Waals surface area (Å²) in [5.41, 5.74) is 1.29. The van der Waals surface area contributed by atoms with Gasteiger partial charge in [0.1, 0.15) is 0 Å². The summed E-state index contributed by atoms with van der Waals surface area (Å²) in [4.78, 5) is 0.363. The first-order chi connectivity index (χ1) is 7.95. The Labute approximate surface area is 102 Å². The number of hydrogen-bond acceptors (Lipinski definition) is 3. The number of nitriles is 1. The van der Waals surface area contributed by atoms with Gasteiger partial charge in [-0.15, -0.1) is 0 Å². The Bertz CT molecular complexity index is 582. The predicted octanol–water partition coefficient (Wildman–Crippen LogP) is 2.48. The van der Waals surface area contributed by atoms with Crippen LogP contribution in [0, 0.1) is 17.2 Å². The fraction of sp³-hybridized carbons (Fsp3) is 0.462. The summed E-state index contributed by atoms with van der Waals surface area (Å²) in [7, 11) is -3.19. The van der Waals surface area contributed by atoms with E-state index in [1.165, 1.54) is 6.07 Å². The summed E-state index contributed by atoms with van der Waals surface area (Å²) in [5.74, 6) is 0.885. The lowest BCUT2D eigenvalue weighted by Gasteiger charge is -2.28. The van der Waals surface area contributed by atoms with Crippen molar-refractivity contribution in [3.8, 4) is 6.07 Å². The van der Waals surface area contributed by atoms with Crippen LogP contribution in [-0.2, 0) is 9.84 Å². The molecule has 1 aromatic carbocycles. The van der Waals surface area contributed by atoms with Gasteiger partial charge in [-0.05, 0) is 36.0 Å². The van der Waals surface area contributed by atoms with Crippen LogP contribution in [0.3, 0.4) is 0 Å². The highest BCUT2D eigenvalue weighted by molar-refractivity contribution is 7.91. The molecule has 3 nitrogen and oxygen atoms in total. The van der Waals surface area contributed by atoms with Gasteiger partial charge in [0.05, 0.1) is 22.3 Å². The van der Waals surface area contributed by atoms with E-state index in [-0.39, 0.29) is 11.7 Å². The van der Waals surface area contributed by atoms with Crippen LogP contribution < -0.4 is 0 Å². The van der Waals surface area contributed by atoms with Crippen molar-refractivity contribution in [3.63, 3.8) is 0 Å². The number of sulfone groups is 1. The molecule has 4 heteroatoms. The third-order valence-corrected chi connectivity index (χ3v) is 5.18. The molecule has 0 fully saturated rings. The molecule has 0 spiro atoms. The molecule has 0 saturated heterocycles. The van der Waals surface area contributed by atoms with E-state index in [0.717, 1.165) is 5.56 Å². The lowest BCUT2D eigenvalue weighted by atomic mass is 9.85. The zero-order chi connectivity index (χ0) is 12.6. The summed E-state index contributed by atoms with van der Waals surface area (Å²) in [5, 5.41) is 8.84. The van der Waals surface area contributed by atoms with Crippen molar-refractivity contribution in [2.24, 2.45) is 5.92 Å². The number of fused-ring (bicyclic) bond motifs is 1. The molecule has 0 saturated carbocycles. The largest absolute Gasteiger partial charge is 0.224 e. The molecule has 1 unspecified atom stereocenters. The maximum atomic E-state index is 12.0. The monoisotopic (exact) mass is 249 g/mol. The zero-order valence-corrected chi connectivity index (χ0v) is 10.8. The van der Waals surface area contributed by atoms with Crippen molar-refractivity contribution in [1.82, 2.24) is 0 Å². The third kappa shape index (κ3) is 2.07. The van der Waals surface area contributed by atoms with Crippen LogP contribution in [0.2, 0.25) is 0 Å². The summed E-state index contributed by atoms with van der Waals surface area (Å²) < 4.78 is 24.0. The molecule has 1 atom stereocenters. The van der Waals surface area contributed by atoms with Crippen LogP contribution in [0.25, 0.3) is 0 Å². The van der Waals surface area contributed by atoms with Crippen molar-refractivity contribution < 1.29 is 8.42 Å². The zero-order valence-electron chi connectivity index (χ0n) is 9.97. The van der Waals surface area contributed by atoms with E-state index >= 15 is 0 Å². The van der Waals surface area contributed by atoms with E-state index in [2.05, 4.69) is 13.8 Å². The second-order valence-electron chi connectivity index (χ2n) is 4.82. The summed E-state index contributed by atoms with van der Waals surface area (Å²) in [6.07, 6.45) is 0.679. The van der Waals surface area contributed by atoms with E-state index < -0.39 is 9.84 Å². The molecule has 1 aliphatic heterocycles. The van der Waals surface area contributed by atoms with Gasteiger partial charge in [0.15, 0.2) is 9.84 Å². The maximum Gasteiger partial charge on any atom is 0.178 e. The summed E-state index contributed by atoms with van der Waals surface area (Å²) >= 11 is 0. The minimum atomic E-state index is -3.19. The number of benzene rings is 1. The average molecular weight is 249 g/mol. The lowest BCUT2D eigenvalue weighted by molar-refractivity contribution is 0.464. The number of rotatable bonds is 1. The lowest BCUT2D eigenvalue weighted by Crippen LogP contribution is -2.23. The second kappa shape index (κ2) is 4.15. The van der Waals surface area contributed by atoms with E-state index in [1.54, 1.807) is 12.1 Å². The molecule has 17 heavy (non-hydrogen) atoms. The predicted molar refractivity (Wildman–Crippen MR) is 65.4 cm³/mol. The van der Waals surface area contributed by atoms with Crippen molar-refractivity contribution >= 4 is 9.84 Å². The van der Waals surface area contributed by atoms with Crippen molar-refractivity contribution in [2.75, 3.05) is 5.75 Å². The van der Waals surface area contributed by atoms with Gasteiger partial charge in [0.25, 0.3) is 0 Å². The molecule has 0 amide bonds. The van der Waals surface area contributed by atoms with Gasteiger partial charge in [-0.1, -0.05) is 19.9 Å². The molecule has 0 aliphatic carbocycles. The standard InChI is InChI=1S/C13H15NO2S/c1-9(2)11-5-6-17(15,16)13-7-10(8-14)3-4-12(11)13/h3-4,7,9,11H,5-6H2,1-2H3. The highest BCUT2D eigenvalue weighted by atomic mass is 32.2. The van der Waals surface area contributed by atoms with E-state index in [1.807, 2.05) is 6.07 Å². The first-order valence-corrected chi connectivity index (χ1v) is 7.37. The van der Waals surface area contributed by atoms with Crippen molar-refractivity contribution in [2.45, 2.75) is 31.1 Å². The van der Waals surface area contributed by atoms with E-state index in [0.29, 0.717) is 22.8 Å². The molecule has 0 aromatic heterocycles. The summed E-state index contributed by atoms with van der Waals surface area (Å²) in [6, 6.07) is 7.01. The Balaban J connectivity index is 2.65. The molecule has 0 N–H and O–H groups in total. The second-order valence-corrected chi connectivity index (χ2v) is 6.90.